The number of aryl methyl sites for hydroxylation is 1. The van der Waals surface area contributed by atoms with E-state index in [0.717, 1.165) is 18.7 Å². The highest BCUT2D eigenvalue weighted by Crippen LogP contribution is 2.22. The number of anilines is 1. The van der Waals surface area contributed by atoms with Crippen LogP contribution in [-0.2, 0) is 20.6 Å². The van der Waals surface area contributed by atoms with Crippen LogP contribution >= 0.6 is 0 Å². The van der Waals surface area contributed by atoms with Gasteiger partial charge in [0.05, 0.1) is 0 Å². The van der Waals surface area contributed by atoms with Crippen molar-refractivity contribution in [2.24, 2.45) is 0 Å². The molecule has 2 heterocycles. The molecule has 0 radical (unpaired) electrons. The number of aromatic nitrogens is 1. The lowest BCUT2D eigenvalue weighted by Crippen LogP contribution is -2.32. The van der Waals surface area contributed by atoms with Crippen LogP contribution in [0.5, 0.6) is 0 Å². The molecule has 0 aromatic carbocycles. The molecule has 0 amide bonds. The van der Waals surface area contributed by atoms with Gasteiger partial charge in [-0.05, 0) is 24.5 Å². The van der Waals surface area contributed by atoms with Crippen molar-refractivity contribution in [3.63, 3.8) is 0 Å². The Hall–Kier alpha value is -1.17. The fourth-order valence-corrected chi connectivity index (χ4v) is 1.83. The summed E-state index contributed by atoms with van der Waals surface area (Å²) in [5, 5.41) is 3.26. The van der Waals surface area contributed by atoms with Gasteiger partial charge >= 0.3 is 0 Å². The van der Waals surface area contributed by atoms with E-state index < -0.39 is 0 Å². The second-order valence-corrected chi connectivity index (χ2v) is 3.92. The number of nitrogens with one attached hydrogen (secondary N) is 1. The molecule has 2 rings (SSSR count). The van der Waals surface area contributed by atoms with Crippen molar-refractivity contribution in [3.8, 4) is 0 Å². The van der Waals surface area contributed by atoms with Gasteiger partial charge in [-0.15, -0.1) is 0 Å². The standard InChI is InChI=1S/C12H18N2O3/c1-15-11(16-2)8-17-10-6-5-9-4-3-7-13-12(9)14-10/h3-4,7,10-11H,5-6,8H2,1-2H3,(H,13,14). The number of pyridine rings is 1. The first-order valence-corrected chi connectivity index (χ1v) is 5.71. The fraction of sp³-hybridized carbons (Fsp3) is 0.583. The molecule has 1 atom stereocenters. The van der Waals surface area contributed by atoms with E-state index in [1.54, 1.807) is 20.4 Å². The van der Waals surface area contributed by atoms with Crippen LogP contribution in [0.25, 0.3) is 0 Å². The number of nitrogens with zero attached hydrogens (tertiary/aromatic N) is 1. The SMILES string of the molecule is COC(COC1CCc2cccnc2N1)OC. The van der Waals surface area contributed by atoms with Gasteiger partial charge in [-0.3, -0.25) is 0 Å². The van der Waals surface area contributed by atoms with Crippen LogP contribution in [0.2, 0.25) is 0 Å². The predicted octanol–water partition coefficient (Wildman–Crippen LogP) is 1.40. The van der Waals surface area contributed by atoms with Crippen LogP contribution < -0.4 is 5.32 Å². The van der Waals surface area contributed by atoms with Gasteiger partial charge in [0.25, 0.3) is 0 Å². The third kappa shape index (κ3) is 3.15. The average Bonchev–Trinajstić information content (AvgIpc) is 2.40. The number of rotatable bonds is 5. The summed E-state index contributed by atoms with van der Waals surface area (Å²) < 4.78 is 15.8. The second kappa shape index (κ2) is 5.95. The number of ether oxygens (including phenoxy) is 3. The molecule has 1 aliphatic rings. The van der Waals surface area contributed by atoms with Crippen LogP contribution in [0.4, 0.5) is 5.82 Å². The zero-order valence-corrected chi connectivity index (χ0v) is 10.2. The molecule has 1 aromatic rings. The third-order valence-corrected chi connectivity index (χ3v) is 2.82. The van der Waals surface area contributed by atoms with Gasteiger partial charge in [-0.25, -0.2) is 4.98 Å². The summed E-state index contributed by atoms with van der Waals surface area (Å²) >= 11 is 0. The largest absolute Gasteiger partial charge is 0.354 e. The summed E-state index contributed by atoms with van der Waals surface area (Å²) in [5.74, 6) is 0.912. The van der Waals surface area contributed by atoms with Crippen molar-refractivity contribution in [2.45, 2.75) is 25.4 Å². The van der Waals surface area contributed by atoms with E-state index in [4.69, 9.17) is 14.2 Å². The molecule has 94 valence electrons. The molecule has 0 saturated carbocycles. The van der Waals surface area contributed by atoms with Gasteiger partial charge < -0.3 is 19.5 Å². The van der Waals surface area contributed by atoms with Crippen molar-refractivity contribution < 1.29 is 14.2 Å². The van der Waals surface area contributed by atoms with E-state index >= 15 is 0 Å². The van der Waals surface area contributed by atoms with Gasteiger partial charge in [-0.2, -0.15) is 0 Å². The second-order valence-electron chi connectivity index (χ2n) is 3.92. The Kier molecular flexibility index (Phi) is 4.30. The minimum atomic E-state index is -0.318. The first kappa shape index (κ1) is 12.3. The van der Waals surface area contributed by atoms with Crippen molar-refractivity contribution in [1.29, 1.82) is 0 Å². The average molecular weight is 238 g/mol. The molecular formula is C12H18N2O3. The van der Waals surface area contributed by atoms with Crippen molar-refractivity contribution in [1.82, 2.24) is 4.98 Å². The quantitative estimate of drug-likeness (QED) is 0.786. The monoisotopic (exact) mass is 238 g/mol. The molecule has 5 nitrogen and oxygen atoms in total. The summed E-state index contributed by atoms with van der Waals surface area (Å²) in [7, 11) is 3.20. The minimum absolute atomic E-state index is 0.0230. The van der Waals surface area contributed by atoms with Crippen molar-refractivity contribution in [2.75, 3.05) is 26.1 Å². The Balaban J connectivity index is 1.86. The number of hydrogen-bond donors (Lipinski definition) is 1. The molecule has 0 spiro atoms. The lowest BCUT2D eigenvalue weighted by molar-refractivity contribution is -0.149. The Bertz CT molecular complexity index is 355. The zero-order valence-electron chi connectivity index (χ0n) is 10.2. The molecular weight excluding hydrogens is 220 g/mol. The van der Waals surface area contributed by atoms with Gasteiger partial charge in [0.2, 0.25) is 0 Å². The van der Waals surface area contributed by atoms with E-state index in [1.807, 2.05) is 6.07 Å². The topological polar surface area (TPSA) is 52.6 Å². The van der Waals surface area contributed by atoms with E-state index in [0.29, 0.717) is 6.61 Å². The Morgan fingerprint density at radius 3 is 3.06 bits per heavy atom. The first-order chi connectivity index (χ1) is 8.33. The van der Waals surface area contributed by atoms with Gasteiger partial charge in [0.15, 0.2) is 6.29 Å². The smallest absolute Gasteiger partial charge is 0.180 e. The Morgan fingerprint density at radius 2 is 2.29 bits per heavy atom. The van der Waals surface area contributed by atoms with Gasteiger partial charge in [-0.1, -0.05) is 6.07 Å². The van der Waals surface area contributed by atoms with Crippen LogP contribution in [0.1, 0.15) is 12.0 Å². The molecule has 0 aliphatic carbocycles. The third-order valence-electron chi connectivity index (χ3n) is 2.82. The zero-order chi connectivity index (χ0) is 12.1. The summed E-state index contributed by atoms with van der Waals surface area (Å²) in [6.07, 6.45) is 3.35. The van der Waals surface area contributed by atoms with Crippen LogP contribution in [-0.4, -0.2) is 38.3 Å². The number of methoxy groups -OCH3 is 2. The lowest BCUT2D eigenvalue weighted by Gasteiger charge is -2.27. The van der Waals surface area contributed by atoms with Gasteiger partial charge in [0.1, 0.15) is 18.7 Å². The number of hydrogen-bond acceptors (Lipinski definition) is 5. The highest BCUT2D eigenvalue weighted by atomic mass is 16.7. The molecule has 1 aromatic heterocycles. The minimum Gasteiger partial charge on any atom is -0.354 e. The fourth-order valence-electron chi connectivity index (χ4n) is 1.83. The van der Waals surface area contributed by atoms with E-state index in [9.17, 15) is 0 Å². The molecule has 0 saturated heterocycles. The molecule has 17 heavy (non-hydrogen) atoms. The van der Waals surface area contributed by atoms with E-state index in [1.165, 1.54) is 5.56 Å². The predicted molar refractivity (Wildman–Crippen MR) is 63.7 cm³/mol. The maximum Gasteiger partial charge on any atom is 0.180 e. The lowest BCUT2D eigenvalue weighted by atomic mass is 10.1. The summed E-state index contributed by atoms with van der Waals surface area (Å²) in [5.41, 5.74) is 1.24. The van der Waals surface area contributed by atoms with E-state index in [2.05, 4.69) is 16.4 Å². The van der Waals surface area contributed by atoms with Crippen LogP contribution in [0, 0.1) is 0 Å². The molecule has 0 fully saturated rings. The molecule has 5 heteroatoms. The first-order valence-electron chi connectivity index (χ1n) is 5.71. The maximum atomic E-state index is 5.68. The molecule has 1 N–H and O–H groups in total. The highest BCUT2D eigenvalue weighted by Gasteiger charge is 2.19. The number of fused-ring (bicyclic) bond motifs is 1. The van der Waals surface area contributed by atoms with Gasteiger partial charge in [0, 0.05) is 20.4 Å². The van der Waals surface area contributed by atoms with Crippen molar-refractivity contribution >= 4 is 5.82 Å². The Morgan fingerprint density at radius 1 is 1.47 bits per heavy atom. The van der Waals surface area contributed by atoms with E-state index in [-0.39, 0.29) is 12.5 Å². The molecule has 0 bridgehead atoms. The summed E-state index contributed by atoms with van der Waals surface area (Å²) in [6, 6.07) is 4.03. The van der Waals surface area contributed by atoms with Crippen LogP contribution in [0.3, 0.4) is 0 Å². The molecule has 1 unspecified atom stereocenters. The highest BCUT2D eigenvalue weighted by molar-refractivity contribution is 5.46. The maximum absolute atomic E-state index is 5.68. The normalized spacial score (nSPS) is 18.9. The molecule has 1 aliphatic heterocycles. The Labute approximate surface area is 101 Å². The van der Waals surface area contributed by atoms with Crippen LogP contribution in [0.15, 0.2) is 18.3 Å². The van der Waals surface area contributed by atoms with Crippen molar-refractivity contribution in [3.05, 3.63) is 23.9 Å². The summed E-state index contributed by atoms with van der Waals surface area (Å²) in [4.78, 5) is 4.28. The summed E-state index contributed by atoms with van der Waals surface area (Å²) in [6.45, 7) is 0.410.